The van der Waals surface area contributed by atoms with E-state index >= 15 is 0 Å². The number of hydrogen-bond donors (Lipinski definition) is 2. The van der Waals surface area contributed by atoms with Crippen LogP contribution in [-0.4, -0.2) is 27.8 Å². The van der Waals surface area contributed by atoms with Gasteiger partial charge in [0.1, 0.15) is 0 Å². The van der Waals surface area contributed by atoms with Gasteiger partial charge in [0.05, 0.1) is 5.92 Å². The lowest BCUT2D eigenvalue weighted by Crippen LogP contribution is -2.25. The van der Waals surface area contributed by atoms with Crippen LogP contribution in [0.1, 0.15) is 0 Å². The smallest absolute Gasteiger partial charge is 0.308 e. The van der Waals surface area contributed by atoms with Crippen LogP contribution in [0.15, 0.2) is 0 Å². The monoisotopic (exact) mass is 148 g/mol. The van der Waals surface area contributed by atoms with Crippen molar-refractivity contribution in [2.24, 2.45) is 11.8 Å². The van der Waals surface area contributed by atoms with Gasteiger partial charge < -0.3 is 5.11 Å². The Morgan fingerprint density at radius 3 is 2.78 bits per heavy atom. The Balaban J connectivity index is 2.39. The normalized spacial score (nSPS) is 28.8. The fourth-order valence-electron chi connectivity index (χ4n) is 0.658. The molecule has 1 aliphatic heterocycles. The lowest BCUT2D eigenvalue weighted by Gasteiger charge is -2.02. The zero-order chi connectivity index (χ0) is 6.85. The number of hydrazine groups is 1. The number of hydrogen-bond acceptors (Lipinski definition) is 4. The highest BCUT2D eigenvalue weighted by atomic mass is 32.2. The van der Waals surface area contributed by atoms with E-state index in [1.54, 1.807) is 0 Å². The van der Waals surface area contributed by atoms with Gasteiger partial charge in [-0.25, -0.2) is 0 Å². The van der Waals surface area contributed by atoms with E-state index in [0.29, 0.717) is 12.3 Å². The number of rotatable bonds is 1. The lowest BCUT2D eigenvalue weighted by molar-refractivity contribution is -0.140. The Labute approximate surface area is 57.1 Å². The highest BCUT2D eigenvalue weighted by Gasteiger charge is 2.26. The minimum absolute atomic E-state index is 0.278. The molecule has 0 aromatic heterocycles. The number of nitrogens with zero attached hydrogens (tertiary/aromatic N) is 1. The molecule has 0 aromatic carbocycles. The summed E-state index contributed by atoms with van der Waals surface area (Å²) in [4.78, 5) is 10.3. The number of aliphatic carboxylic acids is 1. The van der Waals surface area contributed by atoms with E-state index in [1.807, 2.05) is 0 Å². The molecule has 1 heterocycles. The molecule has 5 heteroatoms. The van der Waals surface area contributed by atoms with Crippen LogP contribution in [0.4, 0.5) is 0 Å². The van der Waals surface area contributed by atoms with Crippen LogP contribution in [0.2, 0.25) is 0 Å². The SMILES string of the molecule is NN1CC(C(=O)O)CS1. The second-order valence-electron chi connectivity index (χ2n) is 1.93. The van der Waals surface area contributed by atoms with Gasteiger partial charge in [-0.15, -0.1) is 0 Å². The standard InChI is InChI=1S/C4H8N2O2S/c5-6-1-3(2-9-6)4(7)8/h3H,1-2,5H2,(H,7,8). The van der Waals surface area contributed by atoms with Gasteiger partial charge in [0.2, 0.25) is 0 Å². The Morgan fingerprint density at radius 2 is 2.56 bits per heavy atom. The van der Waals surface area contributed by atoms with Gasteiger partial charge in [0, 0.05) is 12.3 Å². The first-order valence-electron chi connectivity index (χ1n) is 2.58. The van der Waals surface area contributed by atoms with E-state index in [2.05, 4.69) is 0 Å². The summed E-state index contributed by atoms with van der Waals surface area (Å²) in [6.07, 6.45) is 0. The molecule has 1 saturated heterocycles. The molecule has 0 spiro atoms. The Kier molecular flexibility index (Phi) is 1.94. The predicted octanol–water partition coefficient (Wildman–Crippen LogP) is -0.475. The number of carboxylic acids is 1. The third kappa shape index (κ3) is 1.57. The molecule has 1 fully saturated rings. The summed E-state index contributed by atoms with van der Waals surface area (Å²) in [5, 5.41) is 8.44. The molecule has 1 aliphatic rings. The molecule has 0 bridgehead atoms. The lowest BCUT2D eigenvalue weighted by atomic mass is 10.2. The van der Waals surface area contributed by atoms with Crippen molar-refractivity contribution in [2.45, 2.75) is 0 Å². The predicted molar refractivity (Wildman–Crippen MR) is 34.5 cm³/mol. The van der Waals surface area contributed by atoms with Crippen molar-refractivity contribution in [1.82, 2.24) is 4.41 Å². The average molecular weight is 148 g/mol. The van der Waals surface area contributed by atoms with Gasteiger partial charge >= 0.3 is 5.97 Å². The van der Waals surface area contributed by atoms with Crippen molar-refractivity contribution < 1.29 is 9.90 Å². The highest BCUT2D eigenvalue weighted by Crippen LogP contribution is 2.20. The average Bonchev–Trinajstić information content (AvgIpc) is 2.14. The fraction of sp³-hybridized carbons (Fsp3) is 0.750. The van der Waals surface area contributed by atoms with E-state index in [9.17, 15) is 4.79 Å². The first-order chi connectivity index (χ1) is 4.20. The van der Waals surface area contributed by atoms with Crippen molar-refractivity contribution in [3.8, 4) is 0 Å². The highest BCUT2D eigenvalue weighted by molar-refractivity contribution is 7.97. The second-order valence-corrected chi connectivity index (χ2v) is 2.99. The first-order valence-corrected chi connectivity index (χ1v) is 3.52. The summed E-state index contributed by atoms with van der Waals surface area (Å²) in [5.74, 6) is 4.87. The Hall–Kier alpha value is -0.260. The second kappa shape index (κ2) is 2.55. The summed E-state index contributed by atoms with van der Waals surface area (Å²) in [6, 6.07) is 0. The molecule has 4 nitrogen and oxygen atoms in total. The molecule has 1 unspecified atom stereocenters. The molecule has 0 aliphatic carbocycles. The number of carboxylic acid groups (broad SMARTS) is 1. The van der Waals surface area contributed by atoms with E-state index in [0.717, 1.165) is 0 Å². The summed E-state index contributed by atoms with van der Waals surface area (Å²) in [7, 11) is 0. The molecule has 0 aromatic rings. The van der Waals surface area contributed by atoms with Gasteiger partial charge in [-0.3, -0.25) is 10.6 Å². The van der Waals surface area contributed by atoms with Crippen molar-refractivity contribution in [1.29, 1.82) is 0 Å². The summed E-state index contributed by atoms with van der Waals surface area (Å²) in [6.45, 7) is 0.458. The van der Waals surface area contributed by atoms with Crippen LogP contribution in [0.25, 0.3) is 0 Å². The molecule has 0 saturated carbocycles. The summed E-state index contributed by atoms with van der Waals surface area (Å²) < 4.78 is 1.46. The van der Waals surface area contributed by atoms with Gasteiger partial charge in [-0.2, -0.15) is 4.41 Å². The van der Waals surface area contributed by atoms with Crippen LogP contribution in [0.3, 0.4) is 0 Å². The maximum atomic E-state index is 10.3. The number of nitrogens with two attached hydrogens (primary N) is 1. The van der Waals surface area contributed by atoms with Crippen LogP contribution < -0.4 is 5.84 Å². The first kappa shape index (κ1) is 6.85. The molecule has 52 valence electrons. The third-order valence-corrected chi connectivity index (χ3v) is 2.22. The van der Waals surface area contributed by atoms with Crippen molar-refractivity contribution in [3.05, 3.63) is 0 Å². The van der Waals surface area contributed by atoms with Crippen molar-refractivity contribution in [2.75, 3.05) is 12.3 Å². The van der Waals surface area contributed by atoms with Crippen LogP contribution in [0, 0.1) is 5.92 Å². The van der Waals surface area contributed by atoms with Crippen molar-refractivity contribution >= 4 is 17.9 Å². The summed E-state index contributed by atoms with van der Waals surface area (Å²) >= 11 is 1.36. The Bertz CT molecular complexity index is 130. The van der Waals surface area contributed by atoms with E-state index in [1.165, 1.54) is 16.4 Å². The minimum atomic E-state index is -0.754. The van der Waals surface area contributed by atoms with Gasteiger partial charge in [-0.05, 0) is 0 Å². The maximum Gasteiger partial charge on any atom is 0.308 e. The Morgan fingerprint density at radius 1 is 1.89 bits per heavy atom. The fourth-order valence-corrected chi connectivity index (χ4v) is 1.56. The van der Waals surface area contributed by atoms with Gasteiger partial charge in [-0.1, -0.05) is 11.9 Å². The van der Waals surface area contributed by atoms with E-state index < -0.39 is 5.97 Å². The van der Waals surface area contributed by atoms with Crippen LogP contribution in [0.5, 0.6) is 0 Å². The quantitative estimate of drug-likeness (QED) is 0.388. The number of carbonyl (C=O) groups is 1. The van der Waals surface area contributed by atoms with Gasteiger partial charge in [0.25, 0.3) is 0 Å². The third-order valence-electron chi connectivity index (χ3n) is 1.19. The van der Waals surface area contributed by atoms with Crippen molar-refractivity contribution in [3.63, 3.8) is 0 Å². The zero-order valence-electron chi connectivity index (χ0n) is 4.78. The molecule has 0 amide bonds. The van der Waals surface area contributed by atoms with E-state index in [-0.39, 0.29) is 5.92 Å². The largest absolute Gasteiger partial charge is 0.481 e. The molecule has 9 heavy (non-hydrogen) atoms. The molecule has 0 radical (unpaired) electrons. The minimum Gasteiger partial charge on any atom is -0.481 e. The molecular formula is C4H8N2O2S. The molecule has 3 N–H and O–H groups in total. The van der Waals surface area contributed by atoms with E-state index in [4.69, 9.17) is 10.9 Å². The summed E-state index contributed by atoms with van der Waals surface area (Å²) in [5.41, 5.74) is 0. The van der Waals surface area contributed by atoms with Gasteiger partial charge in [0.15, 0.2) is 0 Å². The molecular weight excluding hydrogens is 140 g/mol. The topological polar surface area (TPSA) is 66.6 Å². The zero-order valence-corrected chi connectivity index (χ0v) is 5.60. The van der Waals surface area contributed by atoms with Crippen LogP contribution >= 0.6 is 11.9 Å². The maximum absolute atomic E-state index is 10.3. The van der Waals surface area contributed by atoms with Crippen LogP contribution in [-0.2, 0) is 4.79 Å². The molecule has 1 atom stereocenters. The molecule has 1 rings (SSSR count).